The van der Waals surface area contributed by atoms with Crippen LogP contribution in [-0.4, -0.2) is 19.2 Å². The van der Waals surface area contributed by atoms with Gasteiger partial charge in [0.1, 0.15) is 0 Å². The van der Waals surface area contributed by atoms with E-state index in [9.17, 15) is 18.0 Å². The quantitative estimate of drug-likeness (QED) is 0.590. The van der Waals surface area contributed by atoms with Gasteiger partial charge >= 0.3 is 11.8 Å². The first-order chi connectivity index (χ1) is 12.8. The Morgan fingerprint density at radius 1 is 1.07 bits per heavy atom. The van der Waals surface area contributed by atoms with Crippen LogP contribution in [0.15, 0.2) is 50.8 Å². The van der Waals surface area contributed by atoms with Crippen molar-refractivity contribution in [2.24, 2.45) is 0 Å². The highest BCUT2D eigenvalue weighted by atomic mass is 32.2. The number of fused-ring (bicyclic) bond motifs is 1. The molecule has 0 aliphatic heterocycles. The van der Waals surface area contributed by atoms with Crippen molar-refractivity contribution >= 4 is 22.7 Å². The zero-order chi connectivity index (χ0) is 19.6. The van der Waals surface area contributed by atoms with Gasteiger partial charge in [-0.1, -0.05) is 23.9 Å². The van der Waals surface area contributed by atoms with E-state index in [0.717, 1.165) is 23.9 Å². The predicted molar refractivity (Wildman–Crippen MR) is 94.4 cm³/mol. The van der Waals surface area contributed by atoms with Crippen LogP contribution in [0, 0.1) is 0 Å². The number of benzene rings is 2. The molecule has 0 radical (unpaired) electrons. The Kier molecular flexibility index (Phi) is 5.31. The maximum atomic E-state index is 12.6. The van der Waals surface area contributed by atoms with Crippen LogP contribution in [0.3, 0.4) is 0 Å². The fraction of sp³-hybridized carbons (Fsp3) is 0.222. The topological polar surface area (TPSA) is 61.6 Å². The van der Waals surface area contributed by atoms with E-state index in [4.69, 9.17) is 13.9 Å². The lowest BCUT2D eigenvalue weighted by atomic mass is 10.1. The summed E-state index contributed by atoms with van der Waals surface area (Å²) in [5, 5.41) is 0.353. The number of methoxy groups -OCH3 is 2. The summed E-state index contributed by atoms with van der Waals surface area (Å²) in [4.78, 5) is 16.5. The molecule has 0 fully saturated rings. The molecule has 1 aromatic heterocycles. The molecule has 3 rings (SSSR count). The number of alkyl halides is 3. The van der Waals surface area contributed by atoms with Gasteiger partial charge in [0, 0.05) is 17.9 Å². The van der Waals surface area contributed by atoms with Crippen molar-refractivity contribution in [2.45, 2.75) is 17.2 Å². The Bertz CT molecular complexity index is 1020. The molecular formula is C18H14F3NO4S. The average Bonchev–Trinajstić information content (AvgIpc) is 2.65. The Balaban J connectivity index is 1.84. The first-order valence-corrected chi connectivity index (χ1v) is 8.66. The van der Waals surface area contributed by atoms with Crippen LogP contribution >= 0.6 is 11.8 Å². The monoisotopic (exact) mass is 397 g/mol. The van der Waals surface area contributed by atoms with E-state index in [1.54, 1.807) is 6.07 Å². The normalized spacial score (nSPS) is 11.6. The number of ether oxygens (including phenoxy) is 2. The van der Waals surface area contributed by atoms with Gasteiger partial charge in [-0.15, -0.1) is 0 Å². The zero-order valence-electron chi connectivity index (χ0n) is 14.3. The lowest BCUT2D eigenvalue weighted by Crippen LogP contribution is -2.04. The second-order valence-corrected chi connectivity index (χ2v) is 6.40. The third-order valence-corrected chi connectivity index (χ3v) is 4.66. The van der Waals surface area contributed by atoms with Crippen molar-refractivity contribution in [1.82, 2.24) is 4.98 Å². The van der Waals surface area contributed by atoms with Crippen molar-refractivity contribution in [1.29, 1.82) is 0 Å². The fourth-order valence-electron chi connectivity index (χ4n) is 2.38. The van der Waals surface area contributed by atoms with Gasteiger partial charge in [-0.2, -0.15) is 13.2 Å². The Labute approximate surface area is 156 Å². The summed E-state index contributed by atoms with van der Waals surface area (Å²) >= 11 is 1.11. The van der Waals surface area contributed by atoms with E-state index in [2.05, 4.69) is 4.98 Å². The van der Waals surface area contributed by atoms with Crippen LogP contribution in [0.1, 0.15) is 11.1 Å². The van der Waals surface area contributed by atoms with Crippen LogP contribution in [0.2, 0.25) is 0 Å². The van der Waals surface area contributed by atoms with Crippen LogP contribution in [0.4, 0.5) is 13.2 Å². The van der Waals surface area contributed by atoms with Crippen molar-refractivity contribution < 1.29 is 27.1 Å². The first-order valence-electron chi connectivity index (χ1n) is 7.67. The summed E-state index contributed by atoms with van der Waals surface area (Å²) in [5.74, 6) is 1.10. The molecule has 9 heteroatoms. The summed E-state index contributed by atoms with van der Waals surface area (Å²) in [6, 6.07) is 7.82. The van der Waals surface area contributed by atoms with Crippen LogP contribution < -0.4 is 15.1 Å². The molecule has 0 amide bonds. The summed E-state index contributed by atoms with van der Waals surface area (Å²) in [6.45, 7) is 0. The number of thioether (sulfide) groups is 1. The molecule has 5 nitrogen and oxygen atoms in total. The number of hydrogen-bond acceptors (Lipinski definition) is 6. The molecule has 0 saturated carbocycles. The smallest absolute Gasteiger partial charge is 0.416 e. The third kappa shape index (κ3) is 4.19. The molecule has 0 unspecified atom stereocenters. The minimum atomic E-state index is -4.38. The van der Waals surface area contributed by atoms with Gasteiger partial charge in [-0.25, -0.2) is 9.78 Å². The predicted octanol–water partition coefficient (Wildman–Crippen LogP) is 4.52. The van der Waals surface area contributed by atoms with Crippen molar-refractivity contribution in [3.05, 3.63) is 57.9 Å². The van der Waals surface area contributed by atoms with Gasteiger partial charge < -0.3 is 13.9 Å². The number of aromatic nitrogens is 1. The lowest BCUT2D eigenvalue weighted by molar-refractivity contribution is -0.137. The van der Waals surface area contributed by atoms with Crippen molar-refractivity contribution in [3.63, 3.8) is 0 Å². The highest BCUT2D eigenvalue weighted by Gasteiger charge is 2.29. The molecule has 142 valence electrons. The molecule has 0 N–H and O–H groups in total. The van der Waals surface area contributed by atoms with Crippen LogP contribution in [-0.2, 0) is 11.9 Å². The average molecular weight is 397 g/mol. The highest BCUT2D eigenvalue weighted by molar-refractivity contribution is 7.98. The minimum absolute atomic E-state index is 0.111. The third-order valence-electron chi connectivity index (χ3n) is 3.76. The van der Waals surface area contributed by atoms with Gasteiger partial charge in [0.05, 0.1) is 30.7 Å². The molecular weight excluding hydrogens is 383 g/mol. The van der Waals surface area contributed by atoms with E-state index < -0.39 is 17.4 Å². The Morgan fingerprint density at radius 2 is 1.70 bits per heavy atom. The molecule has 0 saturated heterocycles. The van der Waals surface area contributed by atoms with E-state index in [1.807, 2.05) is 0 Å². The SMILES string of the molecule is COc1cc2nc(SCc3ccc(C(F)(F)F)cc3)oc(=O)c2cc1OC. The Hall–Kier alpha value is -2.68. The fourth-order valence-corrected chi connectivity index (χ4v) is 3.16. The zero-order valence-corrected chi connectivity index (χ0v) is 15.1. The van der Waals surface area contributed by atoms with Gasteiger partial charge in [0.25, 0.3) is 5.22 Å². The molecule has 1 heterocycles. The van der Waals surface area contributed by atoms with Crippen molar-refractivity contribution in [2.75, 3.05) is 14.2 Å². The second kappa shape index (κ2) is 7.51. The molecule has 3 aromatic rings. The van der Waals surface area contributed by atoms with Crippen LogP contribution in [0.5, 0.6) is 11.5 Å². The number of hydrogen-bond donors (Lipinski definition) is 0. The molecule has 0 aliphatic carbocycles. The van der Waals surface area contributed by atoms with Gasteiger partial charge in [0.15, 0.2) is 11.5 Å². The molecule has 0 atom stereocenters. The summed E-state index contributed by atoms with van der Waals surface area (Å²) in [6.07, 6.45) is -4.38. The number of nitrogens with zero attached hydrogens (tertiary/aromatic N) is 1. The van der Waals surface area contributed by atoms with Gasteiger partial charge in [-0.3, -0.25) is 0 Å². The molecule has 0 spiro atoms. The minimum Gasteiger partial charge on any atom is -0.493 e. The largest absolute Gasteiger partial charge is 0.493 e. The van der Waals surface area contributed by atoms with E-state index in [0.29, 0.717) is 28.3 Å². The molecule has 27 heavy (non-hydrogen) atoms. The maximum absolute atomic E-state index is 12.6. The second-order valence-electron chi connectivity index (χ2n) is 5.47. The molecule has 0 aliphatic rings. The van der Waals surface area contributed by atoms with E-state index in [1.165, 1.54) is 32.4 Å². The van der Waals surface area contributed by atoms with E-state index >= 15 is 0 Å². The summed E-state index contributed by atoms with van der Waals surface area (Å²) in [5.41, 5.74) is -0.285. The lowest BCUT2D eigenvalue weighted by Gasteiger charge is -2.09. The summed E-state index contributed by atoms with van der Waals surface area (Å²) in [7, 11) is 2.92. The van der Waals surface area contributed by atoms with Gasteiger partial charge in [0.2, 0.25) is 0 Å². The van der Waals surface area contributed by atoms with E-state index in [-0.39, 0.29) is 10.6 Å². The van der Waals surface area contributed by atoms with Crippen LogP contribution in [0.25, 0.3) is 10.9 Å². The summed E-state index contributed by atoms with van der Waals surface area (Å²) < 4.78 is 53.3. The van der Waals surface area contributed by atoms with Gasteiger partial charge in [-0.05, 0) is 17.7 Å². The maximum Gasteiger partial charge on any atom is 0.416 e. The standard InChI is InChI=1S/C18H14F3NO4S/c1-24-14-7-12-13(8-15(14)25-2)22-17(26-16(12)23)27-9-10-3-5-11(6-4-10)18(19,20)21/h3-8H,9H2,1-2H3. The molecule has 2 aromatic carbocycles. The Morgan fingerprint density at radius 3 is 2.30 bits per heavy atom. The van der Waals surface area contributed by atoms with Crippen molar-refractivity contribution in [3.8, 4) is 11.5 Å². The number of rotatable bonds is 5. The number of halogens is 3. The molecule has 0 bridgehead atoms. The highest BCUT2D eigenvalue weighted by Crippen LogP contribution is 2.32. The first kappa shape index (κ1) is 19.1.